The molecule has 1 saturated carbocycles. The number of aryl methyl sites for hydroxylation is 1. The van der Waals surface area contributed by atoms with Crippen LogP contribution in [0.25, 0.3) is 0 Å². The van der Waals surface area contributed by atoms with Gasteiger partial charge in [0.15, 0.2) is 0 Å². The summed E-state index contributed by atoms with van der Waals surface area (Å²) in [6, 6.07) is 4.19. The van der Waals surface area contributed by atoms with Crippen molar-refractivity contribution in [2.45, 2.75) is 31.3 Å². The Hall–Kier alpha value is -0.770. The predicted octanol–water partition coefficient (Wildman–Crippen LogP) is 2.75. The summed E-state index contributed by atoms with van der Waals surface area (Å²) < 4.78 is 5.25. The van der Waals surface area contributed by atoms with E-state index in [1.54, 1.807) is 7.11 Å². The summed E-state index contributed by atoms with van der Waals surface area (Å²) in [6.45, 7) is 2.08. The number of hydrogen-bond donors (Lipinski definition) is 1. The van der Waals surface area contributed by atoms with Crippen LogP contribution in [0.1, 0.15) is 30.0 Å². The summed E-state index contributed by atoms with van der Waals surface area (Å²) in [4.78, 5) is 2.18. The first-order chi connectivity index (χ1) is 8.39. The highest BCUT2D eigenvalue weighted by molar-refractivity contribution is 6.32. The zero-order valence-electron chi connectivity index (χ0n) is 11.5. The molecule has 3 nitrogen and oxygen atoms in total. The molecule has 0 radical (unpaired) electrons. The molecule has 0 saturated heterocycles. The zero-order chi connectivity index (χ0) is 13.5. The average Bonchev–Trinajstić information content (AvgIpc) is 3.01. The van der Waals surface area contributed by atoms with Crippen LogP contribution in [0, 0.1) is 6.92 Å². The van der Waals surface area contributed by atoms with Crippen molar-refractivity contribution in [3.05, 3.63) is 28.3 Å². The lowest BCUT2D eigenvalue weighted by Crippen LogP contribution is -2.39. The van der Waals surface area contributed by atoms with Crippen molar-refractivity contribution in [3.63, 3.8) is 0 Å². The third-order valence-electron chi connectivity index (χ3n) is 3.72. The van der Waals surface area contributed by atoms with Gasteiger partial charge in [-0.05, 0) is 57.1 Å². The largest absolute Gasteiger partial charge is 0.495 e. The van der Waals surface area contributed by atoms with E-state index in [-0.39, 0.29) is 11.6 Å². The van der Waals surface area contributed by atoms with Crippen LogP contribution < -0.4 is 10.5 Å². The lowest BCUT2D eigenvalue weighted by Gasteiger charge is -2.32. The summed E-state index contributed by atoms with van der Waals surface area (Å²) in [5.41, 5.74) is 8.66. The van der Waals surface area contributed by atoms with Crippen LogP contribution in [0.15, 0.2) is 12.1 Å². The number of benzene rings is 1. The van der Waals surface area contributed by atoms with Gasteiger partial charge in [-0.15, -0.1) is 0 Å². The van der Waals surface area contributed by atoms with Gasteiger partial charge in [-0.1, -0.05) is 11.6 Å². The van der Waals surface area contributed by atoms with Crippen LogP contribution in [0.4, 0.5) is 0 Å². The van der Waals surface area contributed by atoms with E-state index in [4.69, 9.17) is 22.1 Å². The standard InChI is InChI=1S/C14H21ClN2O/c1-9-7-12(18-4)11(15)8-10(9)13(17(2)3)14(16)5-6-14/h7-8,13H,5-6,16H2,1-4H3. The topological polar surface area (TPSA) is 38.5 Å². The molecule has 2 N–H and O–H groups in total. The summed E-state index contributed by atoms with van der Waals surface area (Å²) in [5, 5.41) is 0.647. The van der Waals surface area contributed by atoms with Gasteiger partial charge >= 0.3 is 0 Å². The van der Waals surface area contributed by atoms with Gasteiger partial charge in [0.05, 0.1) is 18.2 Å². The molecule has 4 heteroatoms. The van der Waals surface area contributed by atoms with Crippen molar-refractivity contribution in [1.82, 2.24) is 4.90 Å². The SMILES string of the molecule is COc1cc(C)c(C(N(C)C)C2(N)CC2)cc1Cl. The number of nitrogens with zero attached hydrogens (tertiary/aromatic N) is 1. The number of nitrogens with two attached hydrogens (primary N) is 1. The van der Waals surface area contributed by atoms with Gasteiger partial charge in [0.1, 0.15) is 5.75 Å². The average molecular weight is 269 g/mol. The molecule has 1 unspecified atom stereocenters. The Morgan fingerprint density at radius 1 is 1.39 bits per heavy atom. The third kappa shape index (κ3) is 2.35. The molecular weight excluding hydrogens is 248 g/mol. The van der Waals surface area contributed by atoms with Crippen molar-refractivity contribution in [1.29, 1.82) is 0 Å². The lowest BCUT2D eigenvalue weighted by atomic mass is 9.93. The minimum absolute atomic E-state index is 0.105. The number of halogens is 1. The Balaban J connectivity index is 2.45. The van der Waals surface area contributed by atoms with E-state index in [9.17, 15) is 0 Å². The first kappa shape index (κ1) is 13.7. The number of rotatable bonds is 4. The first-order valence-corrected chi connectivity index (χ1v) is 6.56. The fourth-order valence-corrected chi connectivity index (χ4v) is 2.89. The van der Waals surface area contributed by atoms with Crippen molar-refractivity contribution in [2.75, 3.05) is 21.2 Å². The molecule has 1 fully saturated rings. The van der Waals surface area contributed by atoms with Crippen LogP contribution >= 0.6 is 11.6 Å². The Morgan fingerprint density at radius 3 is 2.44 bits per heavy atom. The van der Waals surface area contributed by atoms with E-state index in [2.05, 4.69) is 25.9 Å². The van der Waals surface area contributed by atoms with E-state index in [0.717, 1.165) is 18.6 Å². The molecule has 0 bridgehead atoms. The fraction of sp³-hybridized carbons (Fsp3) is 0.571. The van der Waals surface area contributed by atoms with E-state index < -0.39 is 0 Å². The van der Waals surface area contributed by atoms with E-state index >= 15 is 0 Å². The molecular formula is C14H21ClN2O. The van der Waals surface area contributed by atoms with Gasteiger partial charge < -0.3 is 15.4 Å². The minimum atomic E-state index is -0.105. The maximum Gasteiger partial charge on any atom is 0.137 e. The molecule has 2 rings (SSSR count). The van der Waals surface area contributed by atoms with Gasteiger partial charge in [-0.2, -0.15) is 0 Å². The van der Waals surface area contributed by atoms with Crippen LogP contribution in [0.5, 0.6) is 5.75 Å². The highest BCUT2D eigenvalue weighted by atomic mass is 35.5. The highest BCUT2D eigenvalue weighted by Gasteiger charge is 2.48. The van der Waals surface area contributed by atoms with Crippen LogP contribution in [0.2, 0.25) is 5.02 Å². The van der Waals surface area contributed by atoms with Crippen molar-refractivity contribution < 1.29 is 4.74 Å². The van der Waals surface area contributed by atoms with E-state index in [1.807, 2.05) is 12.1 Å². The summed E-state index contributed by atoms with van der Waals surface area (Å²) in [6.07, 6.45) is 2.14. The molecule has 0 heterocycles. The molecule has 18 heavy (non-hydrogen) atoms. The number of ether oxygens (including phenoxy) is 1. The molecule has 1 aromatic carbocycles. The summed E-state index contributed by atoms with van der Waals surface area (Å²) in [5.74, 6) is 0.720. The first-order valence-electron chi connectivity index (χ1n) is 6.18. The lowest BCUT2D eigenvalue weighted by molar-refractivity contribution is 0.245. The molecule has 1 aliphatic carbocycles. The van der Waals surface area contributed by atoms with Gasteiger partial charge in [-0.3, -0.25) is 0 Å². The minimum Gasteiger partial charge on any atom is -0.495 e. The third-order valence-corrected chi connectivity index (χ3v) is 4.02. The Bertz CT molecular complexity index is 455. The Kier molecular flexibility index (Phi) is 3.58. The molecule has 0 amide bonds. The second-order valence-corrected chi connectivity index (χ2v) is 5.85. The van der Waals surface area contributed by atoms with Gasteiger partial charge in [0.2, 0.25) is 0 Å². The second-order valence-electron chi connectivity index (χ2n) is 5.44. The fourth-order valence-electron chi connectivity index (χ4n) is 2.64. The van der Waals surface area contributed by atoms with Crippen LogP contribution in [-0.4, -0.2) is 31.6 Å². The summed E-state index contributed by atoms with van der Waals surface area (Å²) in [7, 11) is 5.76. The molecule has 1 aliphatic rings. The Morgan fingerprint density at radius 2 is 2.00 bits per heavy atom. The maximum absolute atomic E-state index is 6.40. The van der Waals surface area contributed by atoms with E-state index in [0.29, 0.717) is 5.02 Å². The van der Waals surface area contributed by atoms with E-state index in [1.165, 1.54) is 11.1 Å². The molecule has 100 valence electrons. The zero-order valence-corrected chi connectivity index (χ0v) is 12.2. The molecule has 1 aromatic rings. The molecule has 0 spiro atoms. The second kappa shape index (κ2) is 4.72. The highest BCUT2D eigenvalue weighted by Crippen LogP contribution is 2.47. The van der Waals surface area contributed by atoms with Gasteiger partial charge in [0, 0.05) is 5.54 Å². The van der Waals surface area contributed by atoms with Crippen molar-refractivity contribution >= 4 is 11.6 Å². The predicted molar refractivity (Wildman–Crippen MR) is 75.3 cm³/mol. The normalized spacial score (nSPS) is 18.8. The number of hydrogen-bond acceptors (Lipinski definition) is 3. The number of likely N-dealkylation sites (N-methyl/N-ethyl adjacent to an activating group) is 1. The monoisotopic (exact) mass is 268 g/mol. The van der Waals surface area contributed by atoms with Gasteiger partial charge in [-0.25, -0.2) is 0 Å². The Labute approximate surface area is 114 Å². The molecule has 0 aromatic heterocycles. The van der Waals surface area contributed by atoms with Crippen LogP contribution in [0.3, 0.4) is 0 Å². The summed E-state index contributed by atoms with van der Waals surface area (Å²) >= 11 is 6.24. The number of methoxy groups -OCH3 is 1. The smallest absolute Gasteiger partial charge is 0.137 e. The maximum atomic E-state index is 6.40. The van der Waals surface area contributed by atoms with Gasteiger partial charge in [0.25, 0.3) is 0 Å². The molecule has 1 atom stereocenters. The molecule has 0 aliphatic heterocycles. The quantitative estimate of drug-likeness (QED) is 0.913. The van der Waals surface area contributed by atoms with Crippen LogP contribution in [-0.2, 0) is 0 Å². The van der Waals surface area contributed by atoms with Crippen molar-refractivity contribution in [3.8, 4) is 5.75 Å². The van der Waals surface area contributed by atoms with Crippen molar-refractivity contribution in [2.24, 2.45) is 5.73 Å².